The molecule has 0 saturated heterocycles. The predicted molar refractivity (Wildman–Crippen MR) is 90.8 cm³/mol. The average Bonchev–Trinajstić information content (AvgIpc) is 2.91. The summed E-state index contributed by atoms with van der Waals surface area (Å²) in [5.74, 6) is 0.211. The SMILES string of the molecule is CCOC(=N)c1ccc(-c2nc3ccccc3s2)cc1.Cl. The van der Waals surface area contributed by atoms with E-state index in [4.69, 9.17) is 10.1 Å². The van der Waals surface area contributed by atoms with Gasteiger partial charge in [-0.25, -0.2) is 4.98 Å². The van der Waals surface area contributed by atoms with Crippen molar-refractivity contribution >= 4 is 39.9 Å². The van der Waals surface area contributed by atoms with Crippen LogP contribution in [-0.4, -0.2) is 17.5 Å². The highest BCUT2D eigenvalue weighted by molar-refractivity contribution is 7.21. The molecular formula is C16H15ClN2OS. The van der Waals surface area contributed by atoms with Gasteiger partial charge in [-0.2, -0.15) is 0 Å². The van der Waals surface area contributed by atoms with E-state index in [1.807, 2.05) is 49.4 Å². The standard InChI is InChI=1S/C16H14N2OS.ClH/c1-2-19-15(17)11-7-9-12(10-8-11)16-18-13-5-3-4-6-14(13)20-16;/h3-10,17H,2H2,1H3;1H. The normalized spacial score (nSPS) is 10.1. The molecule has 5 heteroatoms. The number of ether oxygens (including phenoxy) is 1. The summed E-state index contributed by atoms with van der Waals surface area (Å²) in [4.78, 5) is 4.63. The molecule has 0 radical (unpaired) electrons. The fourth-order valence-corrected chi connectivity index (χ4v) is 2.96. The number of halogens is 1. The number of benzene rings is 2. The number of para-hydroxylation sites is 1. The Labute approximate surface area is 133 Å². The molecule has 0 unspecified atom stereocenters. The Kier molecular flexibility index (Phi) is 4.94. The van der Waals surface area contributed by atoms with Crippen LogP contribution in [0.2, 0.25) is 0 Å². The van der Waals surface area contributed by atoms with Gasteiger partial charge in [-0.05, 0) is 31.2 Å². The average molecular weight is 319 g/mol. The summed E-state index contributed by atoms with van der Waals surface area (Å²) in [6.45, 7) is 2.39. The Morgan fingerprint density at radius 1 is 1.14 bits per heavy atom. The van der Waals surface area contributed by atoms with E-state index in [9.17, 15) is 0 Å². The summed E-state index contributed by atoms with van der Waals surface area (Å²) in [5.41, 5.74) is 2.88. The van der Waals surface area contributed by atoms with Crippen LogP contribution in [0, 0.1) is 5.41 Å². The summed E-state index contributed by atoms with van der Waals surface area (Å²) in [7, 11) is 0. The lowest BCUT2D eigenvalue weighted by Gasteiger charge is -2.05. The van der Waals surface area contributed by atoms with Crippen LogP contribution in [0.25, 0.3) is 20.8 Å². The van der Waals surface area contributed by atoms with Gasteiger partial charge in [-0.1, -0.05) is 24.3 Å². The van der Waals surface area contributed by atoms with Crippen molar-refractivity contribution in [1.29, 1.82) is 5.41 Å². The number of hydrogen-bond donors (Lipinski definition) is 1. The number of rotatable bonds is 3. The van der Waals surface area contributed by atoms with Crippen molar-refractivity contribution in [3.63, 3.8) is 0 Å². The Morgan fingerprint density at radius 3 is 2.52 bits per heavy atom. The van der Waals surface area contributed by atoms with Gasteiger partial charge in [0.15, 0.2) is 0 Å². The number of fused-ring (bicyclic) bond motifs is 1. The van der Waals surface area contributed by atoms with Gasteiger partial charge in [0, 0.05) is 11.1 Å². The maximum atomic E-state index is 7.76. The Balaban J connectivity index is 0.00000161. The molecule has 0 aliphatic heterocycles. The topological polar surface area (TPSA) is 46.0 Å². The monoisotopic (exact) mass is 318 g/mol. The van der Waals surface area contributed by atoms with E-state index in [1.54, 1.807) is 11.3 Å². The molecule has 21 heavy (non-hydrogen) atoms. The van der Waals surface area contributed by atoms with Gasteiger partial charge in [0.25, 0.3) is 0 Å². The Hall–Kier alpha value is -1.91. The predicted octanol–water partition coefficient (Wildman–Crippen LogP) is 4.75. The molecule has 3 rings (SSSR count). The van der Waals surface area contributed by atoms with Crippen LogP contribution in [0.5, 0.6) is 0 Å². The van der Waals surface area contributed by atoms with E-state index in [0.717, 1.165) is 21.7 Å². The van der Waals surface area contributed by atoms with E-state index < -0.39 is 0 Å². The van der Waals surface area contributed by atoms with Gasteiger partial charge in [0.2, 0.25) is 5.90 Å². The zero-order chi connectivity index (χ0) is 13.9. The van der Waals surface area contributed by atoms with Crippen LogP contribution in [0.15, 0.2) is 48.5 Å². The lowest BCUT2D eigenvalue weighted by molar-refractivity contribution is 0.325. The van der Waals surface area contributed by atoms with Gasteiger partial charge in [-0.15, -0.1) is 23.7 Å². The minimum absolute atomic E-state index is 0. The molecule has 2 aromatic carbocycles. The zero-order valence-electron chi connectivity index (χ0n) is 11.5. The lowest BCUT2D eigenvalue weighted by Crippen LogP contribution is -2.04. The van der Waals surface area contributed by atoms with Crippen LogP contribution in [-0.2, 0) is 4.74 Å². The summed E-state index contributed by atoms with van der Waals surface area (Å²) < 4.78 is 6.38. The first-order valence-corrected chi connectivity index (χ1v) is 7.27. The molecule has 0 bridgehead atoms. The largest absolute Gasteiger partial charge is 0.478 e. The van der Waals surface area contributed by atoms with E-state index in [2.05, 4.69) is 11.1 Å². The summed E-state index contributed by atoms with van der Waals surface area (Å²) in [6, 6.07) is 15.9. The van der Waals surface area contributed by atoms with E-state index in [1.165, 1.54) is 4.70 Å². The molecule has 0 aliphatic carbocycles. The number of nitrogens with one attached hydrogen (secondary N) is 1. The van der Waals surface area contributed by atoms with Crippen molar-refractivity contribution < 1.29 is 4.74 Å². The number of thiazole rings is 1. The second-order valence-corrected chi connectivity index (χ2v) is 5.36. The first-order chi connectivity index (χ1) is 9.78. The van der Waals surface area contributed by atoms with E-state index in [0.29, 0.717) is 6.61 Å². The summed E-state index contributed by atoms with van der Waals surface area (Å²) in [5, 5.41) is 8.76. The molecule has 1 aromatic heterocycles. The Morgan fingerprint density at radius 2 is 1.86 bits per heavy atom. The molecule has 0 amide bonds. The van der Waals surface area contributed by atoms with Crippen molar-refractivity contribution in [2.45, 2.75) is 6.92 Å². The van der Waals surface area contributed by atoms with Gasteiger partial charge in [0.05, 0.1) is 16.8 Å². The van der Waals surface area contributed by atoms with Gasteiger partial charge in [0.1, 0.15) is 5.01 Å². The van der Waals surface area contributed by atoms with Crippen molar-refractivity contribution in [3.05, 3.63) is 54.1 Å². The maximum absolute atomic E-state index is 7.76. The second kappa shape index (κ2) is 6.70. The molecule has 1 heterocycles. The minimum atomic E-state index is 0. The third-order valence-electron chi connectivity index (χ3n) is 2.98. The van der Waals surface area contributed by atoms with Crippen molar-refractivity contribution in [1.82, 2.24) is 4.98 Å². The Bertz CT molecular complexity index is 719. The van der Waals surface area contributed by atoms with E-state index >= 15 is 0 Å². The van der Waals surface area contributed by atoms with Crippen molar-refractivity contribution in [2.24, 2.45) is 0 Å². The van der Waals surface area contributed by atoms with Crippen LogP contribution in [0.4, 0.5) is 0 Å². The molecule has 0 saturated carbocycles. The molecular weight excluding hydrogens is 304 g/mol. The summed E-state index contributed by atoms with van der Waals surface area (Å²) >= 11 is 1.68. The van der Waals surface area contributed by atoms with Crippen LogP contribution in [0.1, 0.15) is 12.5 Å². The molecule has 0 fully saturated rings. The van der Waals surface area contributed by atoms with Crippen molar-refractivity contribution in [3.8, 4) is 10.6 Å². The highest BCUT2D eigenvalue weighted by Gasteiger charge is 2.07. The maximum Gasteiger partial charge on any atom is 0.213 e. The highest BCUT2D eigenvalue weighted by atomic mass is 35.5. The molecule has 3 nitrogen and oxygen atoms in total. The van der Waals surface area contributed by atoms with Crippen LogP contribution < -0.4 is 0 Å². The molecule has 0 aliphatic rings. The number of hydrogen-bond acceptors (Lipinski definition) is 4. The first kappa shape index (κ1) is 15.5. The first-order valence-electron chi connectivity index (χ1n) is 6.45. The fraction of sp³-hybridized carbons (Fsp3) is 0.125. The minimum Gasteiger partial charge on any atom is -0.478 e. The fourth-order valence-electron chi connectivity index (χ4n) is 1.99. The molecule has 1 N–H and O–H groups in total. The third-order valence-corrected chi connectivity index (χ3v) is 4.06. The molecule has 0 atom stereocenters. The highest BCUT2D eigenvalue weighted by Crippen LogP contribution is 2.29. The lowest BCUT2D eigenvalue weighted by atomic mass is 10.1. The van der Waals surface area contributed by atoms with Crippen LogP contribution in [0.3, 0.4) is 0 Å². The van der Waals surface area contributed by atoms with Crippen LogP contribution >= 0.6 is 23.7 Å². The van der Waals surface area contributed by atoms with Gasteiger partial charge >= 0.3 is 0 Å². The van der Waals surface area contributed by atoms with Gasteiger partial charge < -0.3 is 4.74 Å². The number of nitrogens with zero attached hydrogens (tertiary/aromatic N) is 1. The second-order valence-electron chi connectivity index (χ2n) is 4.33. The summed E-state index contributed by atoms with van der Waals surface area (Å²) in [6.07, 6.45) is 0. The van der Waals surface area contributed by atoms with Gasteiger partial charge in [-0.3, -0.25) is 5.41 Å². The third kappa shape index (κ3) is 3.23. The quantitative estimate of drug-likeness (QED) is 0.559. The number of aromatic nitrogens is 1. The molecule has 3 aromatic rings. The smallest absolute Gasteiger partial charge is 0.213 e. The van der Waals surface area contributed by atoms with E-state index in [-0.39, 0.29) is 18.3 Å². The molecule has 108 valence electrons. The molecule has 0 spiro atoms. The van der Waals surface area contributed by atoms with Crippen molar-refractivity contribution in [2.75, 3.05) is 6.61 Å². The zero-order valence-corrected chi connectivity index (χ0v) is 13.1.